The van der Waals surface area contributed by atoms with Gasteiger partial charge in [-0.15, -0.1) is 0 Å². The maximum absolute atomic E-state index is 3.99. The van der Waals surface area contributed by atoms with E-state index < -0.39 is 0 Å². The van der Waals surface area contributed by atoms with Crippen molar-refractivity contribution in [3.63, 3.8) is 0 Å². The van der Waals surface area contributed by atoms with Crippen molar-refractivity contribution in [2.24, 2.45) is 0 Å². The van der Waals surface area contributed by atoms with Crippen molar-refractivity contribution < 1.29 is 0 Å². The molecule has 0 spiro atoms. The molecule has 0 unspecified atom stereocenters. The van der Waals surface area contributed by atoms with E-state index in [0.29, 0.717) is 0 Å². The highest BCUT2D eigenvalue weighted by Gasteiger charge is 1.98. The standard InChI is InChI=1S/C7H10N2/c1-4-7-5(2)8-9-6(7)3/h4H,1H2,2-3H3,(H,8,9). The van der Waals surface area contributed by atoms with E-state index in [9.17, 15) is 0 Å². The highest BCUT2D eigenvalue weighted by atomic mass is 15.1. The Bertz CT molecular complexity index is 203. The molecular weight excluding hydrogens is 112 g/mol. The van der Waals surface area contributed by atoms with Gasteiger partial charge in [0.15, 0.2) is 0 Å². The molecule has 0 aliphatic carbocycles. The summed E-state index contributed by atoms with van der Waals surface area (Å²) < 4.78 is 0. The molecule has 1 aromatic heterocycles. The number of H-pyrrole nitrogens is 1. The first kappa shape index (κ1) is 6.08. The Hall–Kier alpha value is -1.05. The number of aromatic nitrogens is 2. The molecular formula is C7H10N2. The van der Waals surface area contributed by atoms with Gasteiger partial charge in [-0.05, 0) is 13.8 Å². The SMILES string of the molecule is C=Cc1c(C)n[nH]c1C. The monoisotopic (exact) mass is 122 g/mol. The number of hydrogen-bond acceptors (Lipinski definition) is 1. The third kappa shape index (κ3) is 0.875. The van der Waals surface area contributed by atoms with Crippen LogP contribution in [-0.4, -0.2) is 10.2 Å². The van der Waals surface area contributed by atoms with Crippen molar-refractivity contribution in [1.82, 2.24) is 10.2 Å². The van der Waals surface area contributed by atoms with Crippen molar-refractivity contribution >= 4 is 6.08 Å². The molecule has 2 heteroatoms. The molecule has 48 valence electrons. The van der Waals surface area contributed by atoms with E-state index in [1.165, 1.54) is 0 Å². The third-order valence-corrected chi connectivity index (χ3v) is 1.39. The Morgan fingerprint density at radius 2 is 2.22 bits per heavy atom. The third-order valence-electron chi connectivity index (χ3n) is 1.39. The highest BCUT2D eigenvalue weighted by Crippen LogP contribution is 2.08. The summed E-state index contributed by atoms with van der Waals surface area (Å²) in [7, 11) is 0. The molecule has 0 saturated heterocycles. The van der Waals surface area contributed by atoms with Crippen molar-refractivity contribution in [1.29, 1.82) is 0 Å². The van der Waals surface area contributed by atoms with Gasteiger partial charge in [-0.3, -0.25) is 5.10 Å². The van der Waals surface area contributed by atoms with Gasteiger partial charge in [0.1, 0.15) is 0 Å². The molecule has 2 nitrogen and oxygen atoms in total. The number of rotatable bonds is 1. The van der Waals surface area contributed by atoms with Gasteiger partial charge in [0.05, 0.1) is 5.69 Å². The van der Waals surface area contributed by atoms with Crippen LogP contribution in [0.25, 0.3) is 6.08 Å². The summed E-state index contributed by atoms with van der Waals surface area (Å²) in [5, 5.41) is 6.86. The molecule has 9 heavy (non-hydrogen) atoms. The largest absolute Gasteiger partial charge is 0.282 e. The quantitative estimate of drug-likeness (QED) is 0.603. The van der Waals surface area contributed by atoms with Gasteiger partial charge >= 0.3 is 0 Å². The van der Waals surface area contributed by atoms with Crippen molar-refractivity contribution in [3.05, 3.63) is 23.5 Å². The molecule has 1 N–H and O–H groups in total. The molecule has 0 saturated carbocycles. The van der Waals surface area contributed by atoms with Crippen molar-refractivity contribution in [3.8, 4) is 0 Å². The predicted octanol–water partition coefficient (Wildman–Crippen LogP) is 1.67. The minimum atomic E-state index is 1.02. The van der Waals surface area contributed by atoms with E-state index >= 15 is 0 Å². The molecule has 0 amide bonds. The van der Waals surface area contributed by atoms with E-state index in [0.717, 1.165) is 17.0 Å². The Kier molecular flexibility index (Phi) is 1.39. The molecule has 1 heterocycles. The normalized spacial score (nSPS) is 9.56. The summed E-state index contributed by atoms with van der Waals surface area (Å²) >= 11 is 0. The first-order chi connectivity index (χ1) is 4.25. The lowest BCUT2D eigenvalue weighted by molar-refractivity contribution is 1.02. The fraction of sp³-hybridized carbons (Fsp3) is 0.286. The van der Waals surface area contributed by atoms with E-state index in [1.807, 2.05) is 19.9 Å². The lowest BCUT2D eigenvalue weighted by Gasteiger charge is -1.86. The topological polar surface area (TPSA) is 28.7 Å². The maximum Gasteiger partial charge on any atom is 0.0666 e. The van der Waals surface area contributed by atoms with E-state index in [2.05, 4.69) is 16.8 Å². The van der Waals surface area contributed by atoms with E-state index in [4.69, 9.17) is 0 Å². The molecule has 0 aliphatic heterocycles. The number of aryl methyl sites for hydroxylation is 2. The van der Waals surface area contributed by atoms with Crippen LogP contribution in [-0.2, 0) is 0 Å². The van der Waals surface area contributed by atoms with Crippen LogP contribution in [0.1, 0.15) is 17.0 Å². The first-order valence-electron chi connectivity index (χ1n) is 2.89. The van der Waals surface area contributed by atoms with Crippen LogP contribution in [0.3, 0.4) is 0 Å². The number of nitrogens with zero attached hydrogens (tertiary/aromatic N) is 1. The number of nitrogens with one attached hydrogen (secondary N) is 1. The Morgan fingerprint density at radius 1 is 1.56 bits per heavy atom. The molecule has 0 aliphatic rings. The van der Waals surface area contributed by atoms with Crippen LogP contribution in [0.2, 0.25) is 0 Å². The minimum Gasteiger partial charge on any atom is -0.282 e. The van der Waals surface area contributed by atoms with Crippen LogP contribution in [0.4, 0.5) is 0 Å². The van der Waals surface area contributed by atoms with Gasteiger partial charge in [0.2, 0.25) is 0 Å². The second-order valence-electron chi connectivity index (χ2n) is 2.05. The first-order valence-corrected chi connectivity index (χ1v) is 2.89. The summed E-state index contributed by atoms with van der Waals surface area (Å²) in [6.45, 7) is 7.61. The summed E-state index contributed by atoms with van der Waals surface area (Å²) in [4.78, 5) is 0. The summed E-state index contributed by atoms with van der Waals surface area (Å²) in [6.07, 6.45) is 1.81. The fourth-order valence-electron chi connectivity index (χ4n) is 0.860. The molecule has 0 atom stereocenters. The van der Waals surface area contributed by atoms with Gasteiger partial charge < -0.3 is 0 Å². The molecule has 0 fully saturated rings. The smallest absolute Gasteiger partial charge is 0.0666 e. The van der Waals surface area contributed by atoms with Gasteiger partial charge in [0.25, 0.3) is 0 Å². The predicted molar refractivity (Wildman–Crippen MR) is 38.2 cm³/mol. The van der Waals surface area contributed by atoms with Crippen molar-refractivity contribution in [2.75, 3.05) is 0 Å². The van der Waals surface area contributed by atoms with Crippen molar-refractivity contribution in [2.45, 2.75) is 13.8 Å². The average molecular weight is 122 g/mol. The summed E-state index contributed by atoms with van der Waals surface area (Å²) in [5.74, 6) is 0. The fourth-order valence-corrected chi connectivity index (χ4v) is 0.860. The molecule has 1 rings (SSSR count). The zero-order valence-electron chi connectivity index (χ0n) is 5.73. The second-order valence-corrected chi connectivity index (χ2v) is 2.05. The average Bonchev–Trinajstić information content (AvgIpc) is 2.12. The molecule has 0 bridgehead atoms. The highest BCUT2D eigenvalue weighted by molar-refractivity contribution is 5.51. The van der Waals surface area contributed by atoms with Gasteiger partial charge in [0, 0.05) is 11.3 Å². The van der Waals surface area contributed by atoms with Gasteiger partial charge in [-0.2, -0.15) is 5.10 Å². The van der Waals surface area contributed by atoms with Crippen LogP contribution in [0.5, 0.6) is 0 Å². The number of hydrogen-bond donors (Lipinski definition) is 1. The van der Waals surface area contributed by atoms with E-state index in [1.54, 1.807) is 0 Å². The van der Waals surface area contributed by atoms with Gasteiger partial charge in [-0.25, -0.2) is 0 Å². The second kappa shape index (κ2) is 2.05. The molecule has 1 aromatic rings. The Balaban J connectivity index is 3.22. The van der Waals surface area contributed by atoms with Crippen LogP contribution < -0.4 is 0 Å². The zero-order valence-corrected chi connectivity index (χ0v) is 5.73. The summed E-state index contributed by atoms with van der Waals surface area (Å²) in [6, 6.07) is 0. The van der Waals surface area contributed by atoms with Crippen LogP contribution in [0.15, 0.2) is 6.58 Å². The number of aromatic amines is 1. The summed E-state index contributed by atoms with van der Waals surface area (Å²) in [5.41, 5.74) is 3.22. The molecule has 0 radical (unpaired) electrons. The lowest BCUT2D eigenvalue weighted by Crippen LogP contribution is -1.74. The minimum absolute atomic E-state index is 1.02. The van der Waals surface area contributed by atoms with Gasteiger partial charge in [-0.1, -0.05) is 12.7 Å². The van der Waals surface area contributed by atoms with Crippen LogP contribution in [0, 0.1) is 13.8 Å². The lowest BCUT2D eigenvalue weighted by atomic mass is 10.2. The van der Waals surface area contributed by atoms with E-state index in [-0.39, 0.29) is 0 Å². The van der Waals surface area contributed by atoms with Crippen LogP contribution >= 0.6 is 0 Å². The maximum atomic E-state index is 3.99. The Labute approximate surface area is 54.6 Å². The Morgan fingerprint density at radius 3 is 2.44 bits per heavy atom. The molecule has 0 aromatic carbocycles. The zero-order chi connectivity index (χ0) is 6.85.